The molecule has 4 heteroatoms. The largest absolute Gasteiger partial charge is 0.497 e. The summed E-state index contributed by atoms with van der Waals surface area (Å²) in [7, 11) is 1.66. The Balaban J connectivity index is 1.97. The summed E-state index contributed by atoms with van der Waals surface area (Å²) in [6.07, 6.45) is 0. The molecule has 0 bridgehead atoms. The molecule has 0 N–H and O–H groups in total. The van der Waals surface area contributed by atoms with Gasteiger partial charge in [-0.25, -0.2) is 0 Å². The highest BCUT2D eigenvalue weighted by molar-refractivity contribution is 8.01. The van der Waals surface area contributed by atoms with Crippen molar-refractivity contribution in [3.63, 3.8) is 0 Å². The third-order valence-corrected chi connectivity index (χ3v) is 5.22. The maximum absolute atomic E-state index is 12.6. The first-order valence-corrected chi connectivity index (χ1v) is 8.23. The van der Waals surface area contributed by atoms with Crippen LogP contribution in [0.3, 0.4) is 0 Å². The number of hydrogen-bond acceptors (Lipinski definition) is 3. The first-order chi connectivity index (χ1) is 10.6. The molecular formula is C18H19NO2S. The average molecular weight is 313 g/mol. The lowest BCUT2D eigenvalue weighted by atomic mass is 10.1. The Morgan fingerprint density at radius 3 is 2.27 bits per heavy atom. The highest BCUT2D eigenvalue weighted by Gasteiger charge is 2.39. The normalized spacial score (nSPS) is 21.2. The number of rotatable bonds is 3. The van der Waals surface area contributed by atoms with Crippen molar-refractivity contribution in [3.05, 3.63) is 59.7 Å². The fraction of sp³-hybridized carbons (Fsp3) is 0.278. The Morgan fingerprint density at radius 2 is 1.68 bits per heavy atom. The summed E-state index contributed by atoms with van der Waals surface area (Å²) in [5.74, 6) is 0.989. The van der Waals surface area contributed by atoms with Crippen molar-refractivity contribution in [2.24, 2.45) is 0 Å². The molecule has 1 aliphatic rings. The number of benzene rings is 2. The fourth-order valence-corrected chi connectivity index (χ4v) is 3.87. The molecule has 3 nitrogen and oxygen atoms in total. The van der Waals surface area contributed by atoms with Gasteiger partial charge in [-0.1, -0.05) is 29.8 Å². The van der Waals surface area contributed by atoms with Gasteiger partial charge in [0.2, 0.25) is 5.91 Å². The van der Waals surface area contributed by atoms with Crippen molar-refractivity contribution >= 4 is 23.4 Å². The maximum atomic E-state index is 12.6. The van der Waals surface area contributed by atoms with Crippen LogP contribution in [0.5, 0.6) is 5.75 Å². The van der Waals surface area contributed by atoms with Crippen LogP contribution in [0.15, 0.2) is 48.5 Å². The second-order valence-corrected chi connectivity index (χ2v) is 6.87. The first kappa shape index (κ1) is 15.0. The highest BCUT2D eigenvalue weighted by Crippen LogP contribution is 2.45. The number of thioether (sulfide) groups is 1. The van der Waals surface area contributed by atoms with Crippen LogP contribution in [0.1, 0.15) is 23.4 Å². The molecule has 1 fully saturated rings. The molecule has 0 radical (unpaired) electrons. The Kier molecular flexibility index (Phi) is 4.12. The van der Waals surface area contributed by atoms with E-state index in [1.165, 1.54) is 5.56 Å². The third kappa shape index (κ3) is 2.71. The quantitative estimate of drug-likeness (QED) is 0.851. The van der Waals surface area contributed by atoms with Crippen LogP contribution in [0.25, 0.3) is 0 Å². The van der Waals surface area contributed by atoms with Crippen molar-refractivity contribution in [2.45, 2.75) is 24.5 Å². The molecule has 0 aromatic heterocycles. The molecule has 0 saturated carbocycles. The standard InChI is InChI=1S/C18H19NO2S/c1-12-4-8-15(9-5-12)19-17(20)13(2)22-18(19)14-6-10-16(21-3)11-7-14/h4-11,13,18H,1-3H3/t13-,18+/m1/s1. The molecule has 2 aromatic carbocycles. The van der Waals surface area contributed by atoms with Gasteiger partial charge in [-0.05, 0) is 43.7 Å². The van der Waals surface area contributed by atoms with Gasteiger partial charge in [0, 0.05) is 5.69 Å². The number of amides is 1. The zero-order valence-electron chi connectivity index (χ0n) is 12.9. The van der Waals surface area contributed by atoms with Crippen LogP contribution in [0.4, 0.5) is 5.69 Å². The molecule has 0 aliphatic carbocycles. The predicted octanol–water partition coefficient (Wildman–Crippen LogP) is 4.17. The topological polar surface area (TPSA) is 29.5 Å². The molecule has 2 aromatic rings. The van der Waals surface area contributed by atoms with Gasteiger partial charge in [0.1, 0.15) is 11.1 Å². The minimum Gasteiger partial charge on any atom is -0.497 e. The van der Waals surface area contributed by atoms with Gasteiger partial charge in [-0.2, -0.15) is 0 Å². The van der Waals surface area contributed by atoms with E-state index < -0.39 is 0 Å². The van der Waals surface area contributed by atoms with E-state index >= 15 is 0 Å². The minimum atomic E-state index is -0.0339. The second-order valence-electron chi connectivity index (χ2n) is 5.45. The monoisotopic (exact) mass is 313 g/mol. The number of ether oxygens (including phenoxy) is 1. The Hall–Kier alpha value is -1.94. The van der Waals surface area contributed by atoms with Crippen molar-refractivity contribution in [1.29, 1.82) is 0 Å². The number of carbonyl (C=O) groups is 1. The summed E-state index contributed by atoms with van der Waals surface area (Å²) < 4.78 is 5.21. The summed E-state index contributed by atoms with van der Waals surface area (Å²) in [5.41, 5.74) is 3.26. The molecule has 1 saturated heterocycles. The van der Waals surface area contributed by atoms with Crippen LogP contribution in [-0.4, -0.2) is 18.3 Å². The van der Waals surface area contributed by atoms with E-state index in [1.54, 1.807) is 18.9 Å². The lowest BCUT2D eigenvalue weighted by molar-refractivity contribution is -0.117. The van der Waals surface area contributed by atoms with Crippen LogP contribution in [-0.2, 0) is 4.79 Å². The molecule has 1 aliphatic heterocycles. The molecule has 114 valence electrons. The summed E-state index contributed by atoms with van der Waals surface area (Å²) in [4.78, 5) is 14.5. The second kappa shape index (κ2) is 6.05. The van der Waals surface area contributed by atoms with E-state index in [0.29, 0.717) is 0 Å². The van der Waals surface area contributed by atoms with Gasteiger partial charge in [0.25, 0.3) is 0 Å². The maximum Gasteiger partial charge on any atom is 0.241 e. The number of aryl methyl sites for hydroxylation is 1. The number of hydrogen-bond donors (Lipinski definition) is 0. The zero-order chi connectivity index (χ0) is 15.7. The van der Waals surface area contributed by atoms with E-state index in [-0.39, 0.29) is 16.5 Å². The lowest BCUT2D eigenvalue weighted by Gasteiger charge is -2.24. The molecule has 22 heavy (non-hydrogen) atoms. The lowest BCUT2D eigenvalue weighted by Crippen LogP contribution is -2.30. The molecule has 2 atom stereocenters. The van der Waals surface area contributed by atoms with Gasteiger partial charge < -0.3 is 4.74 Å². The van der Waals surface area contributed by atoms with Crippen LogP contribution in [0, 0.1) is 6.92 Å². The number of nitrogens with zero attached hydrogens (tertiary/aromatic N) is 1. The molecule has 0 spiro atoms. The summed E-state index contributed by atoms with van der Waals surface area (Å²) in [5, 5.41) is -0.0236. The first-order valence-electron chi connectivity index (χ1n) is 7.29. The van der Waals surface area contributed by atoms with E-state index in [4.69, 9.17) is 4.74 Å². The SMILES string of the molecule is COc1ccc([C@@H]2S[C@H](C)C(=O)N2c2ccc(C)cc2)cc1. The molecule has 0 unspecified atom stereocenters. The molecule has 3 rings (SSSR count). The average Bonchev–Trinajstić information content (AvgIpc) is 2.84. The van der Waals surface area contributed by atoms with E-state index in [2.05, 4.69) is 0 Å². The van der Waals surface area contributed by atoms with Crippen molar-refractivity contribution < 1.29 is 9.53 Å². The summed E-state index contributed by atoms with van der Waals surface area (Å²) in [6.45, 7) is 4.02. The summed E-state index contributed by atoms with van der Waals surface area (Å²) >= 11 is 1.68. The molecule has 1 heterocycles. The Labute approximate surface area is 135 Å². The van der Waals surface area contributed by atoms with Gasteiger partial charge in [-0.3, -0.25) is 9.69 Å². The molecular weight excluding hydrogens is 294 g/mol. The Bertz CT molecular complexity index is 666. The van der Waals surface area contributed by atoms with Crippen LogP contribution >= 0.6 is 11.8 Å². The minimum absolute atomic E-state index is 0.0103. The fourth-order valence-electron chi connectivity index (χ4n) is 2.59. The van der Waals surface area contributed by atoms with Crippen molar-refractivity contribution in [3.8, 4) is 5.75 Å². The number of methoxy groups -OCH3 is 1. The van der Waals surface area contributed by atoms with Gasteiger partial charge in [0.05, 0.1) is 12.4 Å². The van der Waals surface area contributed by atoms with Gasteiger partial charge in [-0.15, -0.1) is 11.8 Å². The van der Waals surface area contributed by atoms with E-state index in [1.807, 2.05) is 67.3 Å². The number of carbonyl (C=O) groups excluding carboxylic acids is 1. The van der Waals surface area contributed by atoms with Gasteiger partial charge in [0.15, 0.2) is 0 Å². The number of anilines is 1. The smallest absolute Gasteiger partial charge is 0.241 e. The Morgan fingerprint density at radius 1 is 1.05 bits per heavy atom. The highest BCUT2D eigenvalue weighted by atomic mass is 32.2. The summed E-state index contributed by atoms with van der Waals surface area (Å²) in [6, 6.07) is 16.1. The predicted molar refractivity (Wildman–Crippen MR) is 91.5 cm³/mol. The van der Waals surface area contributed by atoms with E-state index in [9.17, 15) is 4.79 Å². The molecule has 1 amide bonds. The van der Waals surface area contributed by atoms with Crippen molar-refractivity contribution in [1.82, 2.24) is 0 Å². The van der Waals surface area contributed by atoms with Gasteiger partial charge >= 0.3 is 0 Å². The van der Waals surface area contributed by atoms with Crippen molar-refractivity contribution in [2.75, 3.05) is 12.0 Å². The van der Waals surface area contributed by atoms with Crippen LogP contribution < -0.4 is 9.64 Å². The van der Waals surface area contributed by atoms with E-state index in [0.717, 1.165) is 17.0 Å². The van der Waals surface area contributed by atoms with Crippen LogP contribution in [0.2, 0.25) is 0 Å². The zero-order valence-corrected chi connectivity index (χ0v) is 13.8. The third-order valence-electron chi connectivity index (χ3n) is 3.87.